The van der Waals surface area contributed by atoms with Gasteiger partial charge in [0.2, 0.25) is 5.89 Å². The van der Waals surface area contributed by atoms with Crippen molar-refractivity contribution in [2.45, 2.75) is 84.6 Å². The maximum atomic E-state index is 13.0. The molecule has 0 spiro atoms. The SMILES string of the molecule is CCCCCCCCCCNC(C)(C)c1noc(C)n1.O=C(O)c1cccc(-c2ccc(F)c(Cl)c2)n1. The minimum Gasteiger partial charge on any atom is -0.477 e. The third kappa shape index (κ3) is 10.6. The van der Waals surface area contributed by atoms with E-state index in [4.69, 9.17) is 21.2 Å². The van der Waals surface area contributed by atoms with Crippen LogP contribution in [0.5, 0.6) is 0 Å². The number of aromatic carboxylic acids is 1. The molecule has 7 nitrogen and oxygen atoms in total. The Balaban J connectivity index is 0.000000263. The number of hydrogen-bond donors (Lipinski definition) is 2. The number of halogens is 2. The molecule has 0 amide bonds. The summed E-state index contributed by atoms with van der Waals surface area (Å²) >= 11 is 5.65. The Labute approximate surface area is 223 Å². The zero-order chi connectivity index (χ0) is 27.3. The summed E-state index contributed by atoms with van der Waals surface area (Å²) in [5.74, 6) is -0.263. The van der Waals surface area contributed by atoms with E-state index in [1.165, 1.54) is 75.6 Å². The van der Waals surface area contributed by atoms with Crippen molar-refractivity contribution in [2.75, 3.05) is 6.54 Å². The Morgan fingerprint density at radius 2 is 1.73 bits per heavy atom. The van der Waals surface area contributed by atoms with Gasteiger partial charge in [-0.1, -0.05) is 74.7 Å². The second kappa shape index (κ2) is 15.4. The summed E-state index contributed by atoms with van der Waals surface area (Å²) in [6.45, 7) is 9.30. The van der Waals surface area contributed by atoms with Gasteiger partial charge in [0, 0.05) is 12.5 Å². The number of carboxylic acids is 1. The summed E-state index contributed by atoms with van der Waals surface area (Å²) in [4.78, 5) is 19.0. The van der Waals surface area contributed by atoms with Gasteiger partial charge >= 0.3 is 5.97 Å². The molecule has 2 aromatic heterocycles. The van der Waals surface area contributed by atoms with Gasteiger partial charge in [0.15, 0.2) is 5.82 Å². The van der Waals surface area contributed by atoms with Crippen LogP contribution in [0, 0.1) is 12.7 Å². The highest BCUT2D eigenvalue weighted by atomic mass is 35.5. The van der Waals surface area contributed by atoms with Gasteiger partial charge in [-0.05, 0) is 57.1 Å². The number of unbranched alkanes of at least 4 members (excludes halogenated alkanes) is 7. The number of carbonyl (C=O) groups is 1. The Morgan fingerprint density at radius 3 is 2.32 bits per heavy atom. The van der Waals surface area contributed by atoms with E-state index in [1.54, 1.807) is 12.1 Å². The molecule has 0 atom stereocenters. The summed E-state index contributed by atoms with van der Waals surface area (Å²) < 4.78 is 18.0. The first-order valence-corrected chi connectivity index (χ1v) is 13.2. The molecule has 0 radical (unpaired) electrons. The molecule has 0 saturated carbocycles. The quantitative estimate of drug-likeness (QED) is 0.219. The van der Waals surface area contributed by atoms with E-state index in [0.29, 0.717) is 17.1 Å². The van der Waals surface area contributed by atoms with Crippen LogP contribution in [0.25, 0.3) is 11.3 Å². The monoisotopic (exact) mass is 532 g/mol. The van der Waals surface area contributed by atoms with E-state index in [2.05, 4.69) is 41.2 Å². The lowest BCUT2D eigenvalue weighted by Crippen LogP contribution is -2.38. The fourth-order valence-corrected chi connectivity index (χ4v) is 3.84. The first kappa shape index (κ1) is 30.4. The van der Waals surface area contributed by atoms with E-state index in [9.17, 15) is 9.18 Å². The van der Waals surface area contributed by atoms with Gasteiger partial charge in [-0.3, -0.25) is 0 Å². The lowest BCUT2D eigenvalue weighted by molar-refractivity contribution is 0.0690. The largest absolute Gasteiger partial charge is 0.477 e. The van der Waals surface area contributed by atoms with Crippen molar-refractivity contribution in [3.8, 4) is 11.3 Å². The zero-order valence-corrected chi connectivity index (χ0v) is 22.9. The van der Waals surface area contributed by atoms with Crippen molar-refractivity contribution in [2.24, 2.45) is 0 Å². The number of nitrogens with one attached hydrogen (secondary N) is 1. The van der Waals surface area contributed by atoms with Crippen LogP contribution in [0.15, 0.2) is 40.9 Å². The number of rotatable bonds is 13. The summed E-state index contributed by atoms with van der Waals surface area (Å²) in [6.07, 6.45) is 10.8. The van der Waals surface area contributed by atoms with E-state index in [-0.39, 0.29) is 16.3 Å². The normalized spacial score (nSPS) is 11.2. The van der Waals surface area contributed by atoms with Crippen LogP contribution in [0.2, 0.25) is 5.02 Å². The first-order chi connectivity index (χ1) is 17.6. The molecule has 9 heteroatoms. The second-order valence-corrected chi connectivity index (χ2v) is 9.91. The minimum absolute atomic E-state index is 0.0231. The molecule has 0 aliphatic carbocycles. The number of carboxylic acid groups (broad SMARTS) is 1. The Bertz CT molecular complexity index is 1120. The van der Waals surface area contributed by atoms with Crippen molar-refractivity contribution < 1.29 is 18.8 Å². The lowest BCUT2D eigenvalue weighted by atomic mass is 10.0. The molecular formula is C28H38ClFN4O3. The summed E-state index contributed by atoms with van der Waals surface area (Å²) in [5, 5.41) is 16.3. The highest BCUT2D eigenvalue weighted by molar-refractivity contribution is 6.31. The third-order valence-corrected chi connectivity index (χ3v) is 6.16. The van der Waals surface area contributed by atoms with Gasteiger partial charge in [0.25, 0.3) is 0 Å². The van der Waals surface area contributed by atoms with Crippen LogP contribution in [0.1, 0.15) is 94.3 Å². The van der Waals surface area contributed by atoms with Crippen molar-refractivity contribution >= 4 is 17.6 Å². The van der Waals surface area contributed by atoms with E-state index in [1.807, 2.05) is 6.92 Å². The van der Waals surface area contributed by atoms with Crippen LogP contribution >= 0.6 is 11.6 Å². The molecule has 0 fully saturated rings. The molecule has 0 aliphatic heterocycles. The molecule has 0 aliphatic rings. The molecule has 0 bridgehead atoms. The molecule has 37 heavy (non-hydrogen) atoms. The summed E-state index contributed by atoms with van der Waals surface area (Å²) in [5.41, 5.74) is 0.730. The molecule has 202 valence electrons. The Kier molecular flexibility index (Phi) is 12.7. The van der Waals surface area contributed by atoms with Gasteiger partial charge in [-0.25, -0.2) is 14.2 Å². The molecule has 2 heterocycles. The number of hydrogen-bond acceptors (Lipinski definition) is 6. The van der Waals surface area contributed by atoms with Crippen LogP contribution in [0.4, 0.5) is 4.39 Å². The highest BCUT2D eigenvalue weighted by Gasteiger charge is 2.25. The number of nitrogens with zero attached hydrogens (tertiary/aromatic N) is 3. The average Bonchev–Trinajstić information content (AvgIpc) is 3.32. The van der Waals surface area contributed by atoms with Crippen molar-refractivity contribution in [1.82, 2.24) is 20.4 Å². The maximum absolute atomic E-state index is 13.0. The predicted molar refractivity (Wildman–Crippen MR) is 144 cm³/mol. The number of pyridine rings is 1. The predicted octanol–water partition coefficient (Wildman–Crippen LogP) is 7.58. The molecular weight excluding hydrogens is 495 g/mol. The molecule has 3 aromatic rings. The summed E-state index contributed by atoms with van der Waals surface area (Å²) in [6, 6.07) is 8.71. The summed E-state index contributed by atoms with van der Waals surface area (Å²) in [7, 11) is 0. The van der Waals surface area contributed by atoms with Crippen LogP contribution in [-0.4, -0.2) is 32.7 Å². The van der Waals surface area contributed by atoms with Gasteiger partial charge in [0.05, 0.1) is 16.3 Å². The first-order valence-electron chi connectivity index (χ1n) is 12.9. The number of benzene rings is 1. The molecule has 3 rings (SSSR count). The van der Waals surface area contributed by atoms with Gasteiger partial charge in [-0.2, -0.15) is 4.98 Å². The smallest absolute Gasteiger partial charge is 0.354 e. The van der Waals surface area contributed by atoms with Crippen LogP contribution in [-0.2, 0) is 5.54 Å². The highest BCUT2D eigenvalue weighted by Crippen LogP contribution is 2.23. The molecule has 2 N–H and O–H groups in total. The molecule has 0 saturated heterocycles. The van der Waals surface area contributed by atoms with E-state index < -0.39 is 11.8 Å². The van der Waals surface area contributed by atoms with Crippen LogP contribution < -0.4 is 5.32 Å². The maximum Gasteiger partial charge on any atom is 0.354 e. The molecule has 1 aromatic carbocycles. The topological polar surface area (TPSA) is 101 Å². The van der Waals surface area contributed by atoms with Crippen molar-refractivity contribution in [3.63, 3.8) is 0 Å². The van der Waals surface area contributed by atoms with Gasteiger partial charge in [0.1, 0.15) is 11.5 Å². The standard InChI is InChI=1S/C16H31N3O.C12H7ClFNO2/c1-5-6-7-8-9-10-11-12-13-17-16(3,4)15-18-14(2)20-19-15;13-8-6-7(4-5-9(8)14)10-2-1-3-11(15-10)12(16)17/h17H,5-13H2,1-4H3;1-6H,(H,16,17). The van der Waals surface area contributed by atoms with Crippen molar-refractivity contribution in [3.05, 3.63) is 64.6 Å². The van der Waals surface area contributed by atoms with Gasteiger partial charge < -0.3 is 14.9 Å². The minimum atomic E-state index is -1.11. The lowest BCUT2D eigenvalue weighted by Gasteiger charge is -2.22. The van der Waals surface area contributed by atoms with Crippen LogP contribution in [0.3, 0.4) is 0 Å². The fourth-order valence-electron chi connectivity index (χ4n) is 3.66. The number of aromatic nitrogens is 3. The molecule has 0 unspecified atom stereocenters. The van der Waals surface area contributed by atoms with E-state index in [0.717, 1.165) is 12.4 Å². The van der Waals surface area contributed by atoms with Gasteiger partial charge in [-0.15, -0.1) is 0 Å². The van der Waals surface area contributed by atoms with E-state index >= 15 is 0 Å². The van der Waals surface area contributed by atoms with Crippen molar-refractivity contribution in [1.29, 1.82) is 0 Å². The average molecular weight is 533 g/mol. The second-order valence-electron chi connectivity index (χ2n) is 9.51. The zero-order valence-electron chi connectivity index (χ0n) is 22.2. The Morgan fingerprint density at radius 1 is 1.05 bits per heavy atom. The fraction of sp³-hybridized carbons (Fsp3) is 0.500. The Hall–Kier alpha value is -2.84. The third-order valence-electron chi connectivity index (χ3n) is 5.87. The number of aryl methyl sites for hydroxylation is 1.